The Morgan fingerprint density at radius 2 is 1.42 bits per heavy atom. The maximum Gasteiger partial charge on any atom is 0.260 e. The van der Waals surface area contributed by atoms with Gasteiger partial charge < -0.3 is 55.9 Å². The minimum atomic E-state index is -3.64. The van der Waals surface area contributed by atoms with Crippen LogP contribution in [0.1, 0.15) is 126 Å². The van der Waals surface area contributed by atoms with Crippen LogP contribution in [0.15, 0.2) is 66.3 Å². The third kappa shape index (κ3) is 16.1. The van der Waals surface area contributed by atoms with Crippen LogP contribution in [0.25, 0.3) is 0 Å². The second-order valence-electron chi connectivity index (χ2n) is 21.9. The second kappa shape index (κ2) is 31.6. The Labute approximate surface area is 464 Å². The van der Waals surface area contributed by atoms with E-state index < -0.39 is 106 Å². The number of aldehydes is 1. The molecule has 19 heteroatoms. The average Bonchev–Trinajstić information content (AvgIpc) is 4.04. The van der Waals surface area contributed by atoms with E-state index >= 15 is 9.59 Å². The molecule has 0 spiro atoms. The molecular weight excluding hydrogens is 997 g/mol. The van der Waals surface area contributed by atoms with Crippen LogP contribution in [0.3, 0.4) is 0 Å². The zero-order valence-electron chi connectivity index (χ0n) is 49.3. The number of ether oxygens (including phenoxy) is 1. The third-order valence-electron chi connectivity index (χ3n) is 15.3. The minimum Gasteiger partial charge on any atom is -0.381 e. The molecule has 1 aromatic carbocycles. The van der Waals surface area contributed by atoms with E-state index in [1.54, 1.807) is 54.7 Å². The minimum absolute atomic E-state index is 0.00930. The molecule has 2 rings (SSSR count). The Balaban J connectivity index is 2.66. The fourth-order valence-corrected chi connectivity index (χ4v) is 10.2. The van der Waals surface area contributed by atoms with Gasteiger partial charge in [-0.2, -0.15) is 0 Å². The lowest BCUT2D eigenvalue weighted by molar-refractivity contribution is -0.180. The standard InChI is InChI=1S/C59H94N8O11/c1-16-17-18-19-20-21-25-32-44(78-15)33-27-26-29-41(8)50(69)58(37-68,59(77,57(61)76)51(70)42(9)62-10)66(14)53(72)45-34-28-35-67(45)56(75)49(40(6)7)65(13)55(74)48(39(4)5)64(12)52(71)46(36-43-30-23-22-24-31-43)63(11)54(73)47(60)38(2)3/h20-24,26-27,29-31,37-40,42,44-49,62,77H,16-19,25,28,32-36,60H2,1-15H3,(H2,61,76)/t42-,44?,45-,46-,47-,48-,49-,58-,59?/m0/s1. The third-order valence-corrected chi connectivity index (χ3v) is 15.3. The molecule has 0 aromatic heterocycles. The van der Waals surface area contributed by atoms with Crippen molar-refractivity contribution in [1.29, 1.82) is 0 Å². The van der Waals surface area contributed by atoms with Gasteiger partial charge in [-0.05, 0) is 94.7 Å². The molecule has 1 saturated heterocycles. The van der Waals surface area contributed by atoms with Crippen LogP contribution in [0.5, 0.6) is 0 Å². The molecule has 0 saturated carbocycles. The number of aliphatic hydroxyl groups is 1. The van der Waals surface area contributed by atoms with E-state index in [1.165, 1.54) is 80.2 Å². The van der Waals surface area contributed by atoms with Crippen molar-refractivity contribution >= 4 is 53.3 Å². The average molecular weight is 1090 g/mol. The first kappa shape index (κ1) is 68.2. The molecule has 1 heterocycles. The van der Waals surface area contributed by atoms with Crippen LogP contribution >= 0.6 is 0 Å². The number of likely N-dealkylation sites (N-methyl/N-ethyl adjacent to an activating group) is 5. The quantitative estimate of drug-likeness (QED) is 0.0193. The summed E-state index contributed by atoms with van der Waals surface area (Å²) in [6, 6.07) is 1.98. The summed E-state index contributed by atoms with van der Waals surface area (Å²) in [7, 11) is 8.36. The van der Waals surface area contributed by atoms with Gasteiger partial charge in [0.05, 0.1) is 18.2 Å². The first-order chi connectivity index (χ1) is 36.6. The summed E-state index contributed by atoms with van der Waals surface area (Å²) in [5, 5.41) is 15.0. The summed E-state index contributed by atoms with van der Waals surface area (Å²) in [6.07, 6.45) is 15.4. The van der Waals surface area contributed by atoms with Gasteiger partial charge in [-0.1, -0.05) is 122 Å². The van der Waals surface area contributed by atoms with Crippen LogP contribution in [0.2, 0.25) is 0 Å². The molecule has 1 fully saturated rings. The Morgan fingerprint density at radius 1 is 0.833 bits per heavy atom. The number of amides is 6. The van der Waals surface area contributed by atoms with E-state index in [9.17, 15) is 38.7 Å². The summed E-state index contributed by atoms with van der Waals surface area (Å²) < 4.78 is 5.66. The van der Waals surface area contributed by atoms with E-state index in [2.05, 4.69) is 24.4 Å². The summed E-state index contributed by atoms with van der Waals surface area (Å²) in [5.41, 5.74) is 5.73. The number of hydrogen-bond acceptors (Lipinski definition) is 13. The molecule has 436 valence electrons. The zero-order chi connectivity index (χ0) is 59.4. The Morgan fingerprint density at radius 3 is 1.95 bits per heavy atom. The first-order valence-electron chi connectivity index (χ1n) is 27.6. The van der Waals surface area contributed by atoms with E-state index in [0.717, 1.165) is 44.7 Å². The highest BCUT2D eigenvalue weighted by Crippen LogP contribution is 2.35. The smallest absolute Gasteiger partial charge is 0.260 e. The number of allylic oxidation sites excluding steroid dienone is 4. The summed E-state index contributed by atoms with van der Waals surface area (Å²) in [6.45, 7) is 15.3. The first-order valence-corrected chi connectivity index (χ1v) is 27.6. The van der Waals surface area contributed by atoms with Crippen molar-refractivity contribution < 1.29 is 53.0 Å². The van der Waals surface area contributed by atoms with Gasteiger partial charge in [-0.3, -0.25) is 38.4 Å². The van der Waals surface area contributed by atoms with Gasteiger partial charge in [0.25, 0.3) is 5.91 Å². The highest BCUT2D eigenvalue weighted by atomic mass is 16.5. The maximum absolute atomic E-state index is 15.1. The molecule has 2 unspecified atom stereocenters. The molecule has 9 atom stereocenters. The van der Waals surface area contributed by atoms with Gasteiger partial charge >= 0.3 is 0 Å². The Bertz CT molecular complexity index is 2300. The van der Waals surface area contributed by atoms with Crippen molar-refractivity contribution in [3.05, 3.63) is 71.8 Å². The number of methoxy groups -OCH3 is 1. The molecular formula is C59H94N8O11. The van der Waals surface area contributed by atoms with Crippen LogP contribution in [-0.2, 0) is 54.3 Å². The fourth-order valence-electron chi connectivity index (χ4n) is 10.2. The normalized spacial score (nSPS) is 18.0. The number of rotatable bonds is 33. The van der Waals surface area contributed by atoms with Gasteiger partial charge in [0.2, 0.25) is 40.7 Å². The molecule has 1 aromatic rings. The number of carbonyl (C=O) groups is 9. The molecule has 6 N–H and O–H groups in total. The van der Waals surface area contributed by atoms with E-state index in [4.69, 9.17) is 16.2 Å². The van der Waals surface area contributed by atoms with Crippen molar-refractivity contribution in [3.8, 4) is 0 Å². The largest absolute Gasteiger partial charge is 0.381 e. The number of nitrogens with zero attached hydrogens (tertiary/aromatic N) is 5. The number of ketones is 2. The zero-order valence-corrected chi connectivity index (χ0v) is 49.3. The summed E-state index contributed by atoms with van der Waals surface area (Å²) in [4.78, 5) is 136. The van der Waals surface area contributed by atoms with Gasteiger partial charge in [0.1, 0.15) is 24.2 Å². The molecule has 6 amide bonds. The number of Topliss-reactive ketones (excluding diaryl/α,β-unsaturated/α-hetero) is 2. The van der Waals surface area contributed by atoms with Gasteiger partial charge in [0, 0.05) is 48.3 Å². The van der Waals surface area contributed by atoms with E-state index in [1.807, 2.05) is 30.3 Å². The van der Waals surface area contributed by atoms with Crippen molar-refractivity contribution in [3.63, 3.8) is 0 Å². The van der Waals surface area contributed by atoms with E-state index in [0.29, 0.717) is 11.3 Å². The molecule has 1 aliphatic rings. The predicted molar refractivity (Wildman–Crippen MR) is 302 cm³/mol. The fraction of sp³-hybridized carbons (Fsp3) is 0.644. The van der Waals surface area contributed by atoms with Gasteiger partial charge in [0.15, 0.2) is 17.9 Å². The second-order valence-corrected chi connectivity index (χ2v) is 21.9. The highest BCUT2D eigenvalue weighted by molar-refractivity contribution is 6.27. The molecule has 0 aliphatic carbocycles. The molecule has 78 heavy (non-hydrogen) atoms. The number of nitrogens with two attached hydrogens (primary N) is 2. The Kier molecular flexibility index (Phi) is 27.7. The highest BCUT2D eigenvalue weighted by Gasteiger charge is 2.69. The molecule has 0 radical (unpaired) electrons. The van der Waals surface area contributed by atoms with Crippen LogP contribution in [-0.4, -0.2) is 185 Å². The van der Waals surface area contributed by atoms with Crippen LogP contribution in [0.4, 0.5) is 0 Å². The number of hydrogen-bond donors (Lipinski definition) is 4. The molecule has 19 nitrogen and oxygen atoms in total. The lowest BCUT2D eigenvalue weighted by Crippen LogP contribution is -2.79. The van der Waals surface area contributed by atoms with Crippen molar-refractivity contribution in [2.75, 3.05) is 48.9 Å². The van der Waals surface area contributed by atoms with Crippen molar-refractivity contribution in [2.24, 2.45) is 29.2 Å². The molecule has 0 bridgehead atoms. The number of carbonyl (C=O) groups excluding carboxylic acids is 9. The number of primary amides is 1. The number of likely N-dealkylation sites (tertiary alicyclic amines) is 1. The number of benzene rings is 1. The molecule has 1 aliphatic heterocycles. The van der Waals surface area contributed by atoms with Crippen molar-refractivity contribution in [1.82, 2.24) is 29.8 Å². The topological polar surface area (TPSA) is 263 Å². The number of nitrogens with one attached hydrogen (secondary N) is 1. The lowest BCUT2D eigenvalue weighted by Gasteiger charge is -2.47. The summed E-state index contributed by atoms with van der Waals surface area (Å²) >= 11 is 0. The van der Waals surface area contributed by atoms with E-state index in [-0.39, 0.29) is 49.7 Å². The van der Waals surface area contributed by atoms with Crippen LogP contribution in [0, 0.1) is 17.8 Å². The maximum atomic E-state index is 15.1. The summed E-state index contributed by atoms with van der Waals surface area (Å²) in [5.74, 6) is -9.09. The van der Waals surface area contributed by atoms with Crippen molar-refractivity contribution in [2.45, 2.75) is 180 Å². The van der Waals surface area contributed by atoms with Crippen LogP contribution < -0.4 is 16.8 Å². The van der Waals surface area contributed by atoms with Gasteiger partial charge in [-0.15, -0.1) is 0 Å². The number of unbranched alkanes of at least 4 members (excludes halogenated alkanes) is 3. The lowest BCUT2D eigenvalue weighted by atomic mass is 9.69. The predicted octanol–water partition coefficient (Wildman–Crippen LogP) is 4.18. The Hall–Kier alpha value is -5.89. The SMILES string of the molecule is CCCCCC=CCCC(CC=CC=C(C)C(=O)[C@](C=O)(N(C)C(=O)[C@@H]1CCCN1C(=O)[C@H](C(C)C)N(C)C(=O)[C@H](C(C)C)N(C)C(=O)[C@H](Cc1ccccc1)N(C)C(=O)[C@@H](N)C(C)C)C(O)(C(N)=O)C(=O)[C@H](C)NC)OC. The monoisotopic (exact) mass is 1090 g/mol. The van der Waals surface area contributed by atoms with Gasteiger partial charge in [-0.25, -0.2) is 0 Å².